The molecule has 0 saturated heterocycles. The molecule has 6 nitrogen and oxygen atoms in total. The number of amides is 2. The summed E-state index contributed by atoms with van der Waals surface area (Å²) in [4.78, 5) is 24.3. The quantitative estimate of drug-likeness (QED) is 0.530. The number of aliphatic carboxylic acids is 1. The molecule has 3 N–H and O–H groups in total. The summed E-state index contributed by atoms with van der Waals surface area (Å²) in [7, 11) is 3.63. The molecular weight excluding hydrogens is 258 g/mol. The molecule has 0 aromatic heterocycles. The van der Waals surface area contributed by atoms with Gasteiger partial charge < -0.3 is 20.6 Å². The maximum Gasteiger partial charge on any atom is 0.317 e. The molecule has 0 aliphatic rings. The van der Waals surface area contributed by atoms with E-state index < -0.39 is 5.97 Å². The molecule has 2 amide bonds. The number of carbonyl (C=O) groups excluding carboxylic acids is 1. The average molecular weight is 287 g/mol. The Morgan fingerprint density at radius 1 is 1.30 bits per heavy atom. The standard InChI is InChI=1S/C14H29N3O3/c1-11(2)8-12(9-13(18)19)10-16-14(20)17(4)7-5-6-15-3/h11-12,15H,5-10H2,1-4H3,(H,16,20)(H,18,19). The third-order valence-electron chi connectivity index (χ3n) is 3.08. The van der Waals surface area contributed by atoms with Crippen molar-refractivity contribution in [3.05, 3.63) is 0 Å². The van der Waals surface area contributed by atoms with Gasteiger partial charge in [0.2, 0.25) is 0 Å². The van der Waals surface area contributed by atoms with Crippen LogP contribution in [0.3, 0.4) is 0 Å². The lowest BCUT2D eigenvalue weighted by atomic mass is 9.94. The van der Waals surface area contributed by atoms with Gasteiger partial charge in [0.1, 0.15) is 0 Å². The van der Waals surface area contributed by atoms with Gasteiger partial charge in [-0.05, 0) is 38.3 Å². The first-order chi connectivity index (χ1) is 9.36. The highest BCUT2D eigenvalue weighted by atomic mass is 16.4. The molecule has 0 rings (SSSR count). The van der Waals surface area contributed by atoms with Crippen LogP contribution < -0.4 is 10.6 Å². The average Bonchev–Trinajstić information content (AvgIpc) is 2.34. The largest absolute Gasteiger partial charge is 0.481 e. The van der Waals surface area contributed by atoms with E-state index >= 15 is 0 Å². The van der Waals surface area contributed by atoms with Crippen molar-refractivity contribution in [2.24, 2.45) is 11.8 Å². The molecule has 0 heterocycles. The number of urea groups is 1. The third-order valence-corrected chi connectivity index (χ3v) is 3.08. The van der Waals surface area contributed by atoms with Crippen molar-refractivity contribution >= 4 is 12.0 Å². The monoisotopic (exact) mass is 287 g/mol. The zero-order chi connectivity index (χ0) is 15.5. The number of carbonyl (C=O) groups is 2. The fourth-order valence-corrected chi connectivity index (χ4v) is 2.11. The summed E-state index contributed by atoms with van der Waals surface area (Å²) in [6.07, 6.45) is 1.79. The molecule has 0 radical (unpaired) electrons. The maximum atomic E-state index is 11.9. The van der Waals surface area contributed by atoms with Crippen molar-refractivity contribution in [1.29, 1.82) is 0 Å². The zero-order valence-electron chi connectivity index (χ0n) is 13.1. The summed E-state index contributed by atoms with van der Waals surface area (Å²) in [6, 6.07) is -0.139. The van der Waals surface area contributed by atoms with Crippen LogP contribution in [-0.4, -0.2) is 55.7 Å². The molecule has 0 spiro atoms. The van der Waals surface area contributed by atoms with Crippen LogP contribution in [0.2, 0.25) is 0 Å². The van der Waals surface area contributed by atoms with Gasteiger partial charge in [-0.2, -0.15) is 0 Å². The summed E-state index contributed by atoms with van der Waals surface area (Å²) in [5, 5.41) is 14.7. The van der Waals surface area contributed by atoms with Crippen LogP contribution in [0.25, 0.3) is 0 Å². The lowest BCUT2D eigenvalue weighted by Gasteiger charge is -2.21. The second-order valence-electron chi connectivity index (χ2n) is 5.66. The Balaban J connectivity index is 4.11. The van der Waals surface area contributed by atoms with E-state index in [9.17, 15) is 9.59 Å². The Bertz CT molecular complexity index is 295. The molecule has 0 aliphatic carbocycles. The SMILES string of the molecule is CNCCCN(C)C(=O)NCC(CC(=O)O)CC(C)C. The normalized spacial score (nSPS) is 12.2. The molecule has 118 valence electrons. The van der Waals surface area contributed by atoms with Crippen molar-refractivity contribution < 1.29 is 14.7 Å². The minimum atomic E-state index is -0.813. The molecule has 6 heteroatoms. The van der Waals surface area contributed by atoms with E-state index in [1.54, 1.807) is 11.9 Å². The number of carboxylic acid groups (broad SMARTS) is 1. The van der Waals surface area contributed by atoms with Crippen LogP contribution in [0.5, 0.6) is 0 Å². The highest BCUT2D eigenvalue weighted by molar-refractivity contribution is 5.74. The summed E-state index contributed by atoms with van der Waals surface area (Å²) in [6.45, 7) is 6.08. The van der Waals surface area contributed by atoms with E-state index in [1.165, 1.54) is 0 Å². The van der Waals surface area contributed by atoms with Crippen LogP contribution >= 0.6 is 0 Å². The lowest BCUT2D eigenvalue weighted by Crippen LogP contribution is -2.41. The molecule has 0 fully saturated rings. The molecule has 0 saturated carbocycles. The van der Waals surface area contributed by atoms with Crippen LogP contribution in [0.4, 0.5) is 4.79 Å². The summed E-state index contributed by atoms with van der Waals surface area (Å²) in [5.74, 6) is -0.404. The molecule has 0 bridgehead atoms. The van der Waals surface area contributed by atoms with Gasteiger partial charge in [-0.1, -0.05) is 13.8 Å². The van der Waals surface area contributed by atoms with E-state index in [-0.39, 0.29) is 18.4 Å². The number of nitrogens with zero attached hydrogens (tertiary/aromatic N) is 1. The fraction of sp³-hybridized carbons (Fsp3) is 0.857. The predicted molar refractivity (Wildman–Crippen MR) is 79.8 cm³/mol. The van der Waals surface area contributed by atoms with E-state index in [0.717, 1.165) is 19.4 Å². The van der Waals surface area contributed by atoms with Gasteiger partial charge in [0.25, 0.3) is 0 Å². The molecular formula is C14H29N3O3. The fourth-order valence-electron chi connectivity index (χ4n) is 2.11. The van der Waals surface area contributed by atoms with Gasteiger partial charge in [0, 0.05) is 26.6 Å². The van der Waals surface area contributed by atoms with Crippen molar-refractivity contribution in [2.75, 3.05) is 33.7 Å². The van der Waals surface area contributed by atoms with Crippen LogP contribution in [-0.2, 0) is 4.79 Å². The van der Waals surface area contributed by atoms with Gasteiger partial charge in [0.15, 0.2) is 0 Å². The molecule has 20 heavy (non-hydrogen) atoms. The number of hydrogen-bond donors (Lipinski definition) is 3. The van der Waals surface area contributed by atoms with Crippen LogP contribution in [0.1, 0.15) is 33.1 Å². The molecule has 0 aromatic carbocycles. The molecule has 0 aliphatic heterocycles. The Morgan fingerprint density at radius 2 is 1.95 bits per heavy atom. The maximum absolute atomic E-state index is 11.9. The van der Waals surface area contributed by atoms with Gasteiger partial charge >= 0.3 is 12.0 Å². The van der Waals surface area contributed by atoms with Gasteiger partial charge in [0.05, 0.1) is 0 Å². The minimum Gasteiger partial charge on any atom is -0.481 e. The van der Waals surface area contributed by atoms with E-state index in [0.29, 0.717) is 19.0 Å². The summed E-state index contributed by atoms with van der Waals surface area (Å²) < 4.78 is 0. The van der Waals surface area contributed by atoms with Crippen molar-refractivity contribution in [3.8, 4) is 0 Å². The molecule has 1 atom stereocenters. The van der Waals surface area contributed by atoms with Crippen molar-refractivity contribution in [1.82, 2.24) is 15.5 Å². The van der Waals surface area contributed by atoms with Gasteiger partial charge in [-0.15, -0.1) is 0 Å². The zero-order valence-corrected chi connectivity index (χ0v) is 13.1. The van der Waals surface area contributed by atoms with Gasteiger partial charge in [-0.3, -0.25) is 4.79 Å². The van der Waals surface area contributed by atoms with E-state index in [1.807, 2.05) is 7.05 Å². The number of carboxylic acids is 1. The highest BCUT2D eigenvalue weighted by Crippen LogP contribution is 2.14. The molecule has 1 unspecified atom stereocenters. The Hall–Kier alpha value is -1.30. The van der Waals surface area contributed by atoms with E-state index in [4.69, 9.17) is 5.11 Å². The second-order valence-corrected chi connectivity index (χ2v) is 5.66. The highest BCUT2D eigenvalue weighted by Gasteiger charge is 2.17. The smallest absolute Gasteiger partial charge is 0.317 e. The predicted octanol–water partition coefficient (Wildman–Crippen LogP) is 1.37. The number of rotatable bonds is 10. The second kappa shape index (κ2) is 10.5. The number of hydrogen-bond acceptors (Lipinski definition) is 3. The summed E-state index contributed by atoms with van der Waals surface area (Å²) >= 11 is 0. The van der Waals surface area contributed by atoms with Crippen LogP contribution in [0, 0.1) is 11.8 Å². The molecule has 0 aromatic rings. The summed E-state index contributed by atoms with van der Waals surface area (Å²) in [5.41, 5.74) is 0. The first-order valence-corrected chi connectivity index (χ1v) is 7.22. The van der Waals surface area contributed by atoms with Crippen molar-refractivity contribution in [2.45, 2.75) is 33.1 Å². The first kappa shape index (κ1) is 18.7. The Morgan fingerprint density at radius 3 is 2.45 bits per heavy atom. The topological polar surface area (TPSA) is 81.7 Å². The Labute approximate surface area is 121 Å². The van der Waals surface area contributed by atoms with Gasteiger partial charge in [-0.25, -0.2) is 4.79 Å². The number of nitrogens with one attached hydrogen (secondary N) is 2. The van der Waals surface area contributed by atoms with Crippen molar-refractivity contribution in [3.63, 3.8) is 0 Å². The third kappa shape index (κ3) is 9.61. The lowest BCUT2D eigenvalue weighted by molar-refractivity contribution is -0.138. The Kier molecular flexibility index (Phi) is 9.80. The van der Waals surface area contributed by atoms with Crippen LogP contribution in [0.15, 0.2) is 0 Å². The van der Waals surface area contributed by atoms with E-state index in [2.05, 4.69) is 24.5 Å². The first-order valence-electron chi connectivity index (χ1n) is 7.22. The minimum absolute atomic E-state index is 0.0119.